The Bertz CT molecular complexity index is 464. The fourth-order valence-electron chi connectivity index (χ4n) is 1.07. The molecule has 0 saturated carbocycles. The van der Waals surface area contributed by atoms with Gasteiger partial charge in [-0.1, -0.05) is 36.4 Å². The van der Waals surface area contributed by atoms with Crippen LogP contribution < -0.4 is 0 Å². The second-order valence-corrected chi connectivity index (χ2v) is 5.43. The van der Waals surface area contributed by atoms with Gasteiger partial charge in [0.15, 0.2) is 0 Å². The number of esters is 1. The van der Waals surface area contributed by atoms with Crippen LogP contribution in [0.4, 0.5) is 0 Å². The van der Waals surface area contributed by atoms with E-state index in [0.717, 1.165) is 5.56 Å². The summed E-state index contributed by atoms with van der Waals surface area (Å²) in [6, 6.07) is 7.34. The molecule has 0 aliphatic carbocycles. The monoisotopic (exact) mass is 264 g/mol. The van der Waals surface area contributed by atoms with Crippen molar-refractivity contribution >= 4 is 23.6 Å². The lowest BCUT2D eigenvalue weighted by Gasteiger charge is -2.16. The van der Waals surface area contributed by atoms with Gasteiger partial charge in [-0.3, -0.25) is 4.79 Å². The van der Waals surface area contributed by atoms with E-state index in [4.69, 9.17) is 16.3 Å². The van der Waals surface area contributed by atoms with E-state index in [0.29, 0.717) is 10.8 Å². The van der Waals surface area contributed by atoms with E-state index in [1.54, 1.807) is 39.0 Å². The second kappa shape index (κ2) is 5.87. The molecular weight excluding hydrogens is 248 g/mol. The van der Waals surface area contributed by atoms with E-state index in [9.17, 15) is 4.79 Å². The smallest absolute Gasteiger partial charge is 0.316 e. The van der Waals surface area contributed by atoms with Crippen molar-refractivity contribution in [2.24, 2.45) is 5.41 Å². The molecule has 0 fully saturated rings. The van der Waals surface area contributed by atoms with E-state index in [1.807, 2.05) is 18.2 Å². The van der Waals surface area contributed by atoms with Crippen LogP contribution in [0.25, 0.3) is 6.08 Å². The van der Waals surface area contributed by atoms with Gasteiger partial charge in [-0.15, -0.1) is 0 Å². The van der Waals surface area contributed by atoms with Gasteiger partial charge in [-0.25, -0.2) is 0 Å². The van der Waals surface area contributed by atoms with Crippen LogP contribution in [0.3, 0.4) is 0 Å². The Morgan fingerprint density at radius 1 is 1.28 bits per heavy atom. The molecule has 0 radical (unpaired) electrons. The minimum atomic E-state index is -0.531. The van der Waals surface area contributed by atoms with Crippen LogP contribution in [0, 0.1) is 5.41 Å². The Balaban J connectivity index is 2.60. The van der Waals surface area contributed by atoms with Crippen molar-refractivity contribution in [2.75, 3.05) is 0 Å². The fraction of sp³-hybridized carbons (Fsp3) is 0.267. The third kappa shape index (κ3) is 4.76. The van der Waals surface area contributed by atoms with E-state index >= 15 is 0 Å². The van der Waals surface area contributed by atoms with E-state index in [2.05, 4.69) is 6.58 Å². The number of ether oxygens (including phenoxy) is 1. The van der Waals surface area contributed by atoms with Crippen molar-refractivity contribution in [1.82, 2.24) is 0 Å². The lowest BCUT2D eigenvalue weighted by Crippen LogP contribution is -2.22. The van der Waals surface area contributed by atoms with Gasteiger partial charge < -0.3 is 4.74 Å². The molecule has 0 aromatic heterocycles. The number of hydrogen-bond acceptors (Lipinski definition) is 2. The van der Waals surface area contributed by atoms with Crippen LogP contribution >= 0.6 is 11.6 Å². The maximum Gasteiger partial charge on any atom is 0.316 e. The molecule has 0 bridgehead atoms. The Morgan fingerprint density at radius 2 is 1.83 bits per heavy atom. The molecule has 1 rings (SSSR count). The highest BCUT2D eigenvalue weighted by Crippen LogP contribution is 2.18. The lowest BCUT2D eigenvalue weighted by atomic mass is 9.97. The van der Waals surface area contributed by atoms with Gasteiger partial charge in [0.25, 0.3) is 0 Å². The molecule has 0 aliphatic heterocycles. The highest BCUT2D eigenvalue weighted by molar-refractivity contribution is 6.30. The quantitative estimate of drug-likeness (QED) is 0.458. The molecule has 0 atom stereocenters. The zero-order valence-corrected chi connectivity index (χ0v) is 11.6. The molecule has 1 aromatic rings. The first-order chi connectivity index (χ1) is 8.29. The van der Waals surface area contributed by atoms with Crippen LogP contribution in [-0.4, -0.2) is 5.97 Å². The first kappa shape index (κ1) is 14.5. The van der Waals surface area contributed by atoms with Crippen LogP contribution in [0.1, 0.15) is 26.3 Å². The summed E-state index contributed by atoms with van der Waals surface area (Å²) < 4.78 is 5.11. The number of hydrogen-bond donors (Lipinski definition) is 0. The van der Waals surface area contributed by atoms with Gasteiger partial charge in [0.1, 0.15) is 5.76 Å². The summed E-state index contributed by atoms with van der Waals surface area (Å²) in [5.74, 6) is 0.0260. The van der Waals surface area contributed by atoms with Gasteiger partial charge in [-0.2, -0.15) is 0 Å². The molecule has 0 unspecified atom stereocenters. The maximum atomic E-state index is 11.6. The summed E-state index contributed by atoms with van der Waals surface area (Å²) >= 11 is 5.78. The van der Waals surface area contributed by atoms with Crippen LogP contribution in [0.2, 0.25) is 5.02 Å². The molecule has 1 aromatic carbocycles. The molecule has 0 amide bonds. The molecule has 0 aliphatic rings. The molecule has 0 heterocycles. The zero-order valence-electron chi connectivity index (χ0n) is 10.9. The van der Waals surface area contributed by atoms with Gasteiger partial charge in [0, 0.05) is 5.02 Å². The van der Waals surface area contributed by atoms with Crippen molar-refractivity contribution in [3.8, 4) is 0 Å². The fourth-order valence-corrected chi connectivity index (χ4v) is 1.20. The third-order valence-corrected chi connectivity index (χ3v) is 2.42. The standard InChI is InChI=1S/C15H17ClO2/c1-11(18-14(17)15(2,3)4)5-6-12-7-9-13(16)10-8-12/h5-10H,1H2,2-4H3/b6-5+. The van der Waals surface area contributed by atoms with E-state index < -0.39 is 5.41 Å². The van der Waals surface area contributed by atoms with Crippen molar-refractivity contribution in [1.29, 1.82) is 0 Å². The number of carbonyl (C=O) groups is 1. The summed E-state index contributed by atoms with van der Waals surface area (Å²) in [5, 5.41) is 0.685. The Hall–Kier alpha value is -1.54. The largest absolute Gasteiger partial charge is 0.427 e. The van der Waals surface area contributed by atoms with Crippen LogP contribution in [-0.2, 0) is 9.53 Å². The van der Waals surface area contributed by atoms with Crippen LogP contribution in [0.5, 0.6) is 0 Å². The summed E-state index contributed by atoms with van der Waals surface area (Å²) in [6.07, 6.45) is 3.47. The molecule has 3 heteroatoms. The molecule has 0 saturated heterocycles. The first-order valence-electron chi connectivity index (χ1n) is 5.64. The maximum absolute atomic E-state index is 11.6. The van der Waals surface area contributed by atoms with Gasteiger partial charge >= 0.3 is 5.97 Å². The van der Waals surface area contributed by atoms with Gasteiger partial charge in [0.2, 0.25) is 0 Å². The van der Waals surface area contributed by atoms with Gasteiger partial charge in [-0.05, 0) is 44.5 Å². The third-order valence-electron chi connectivity index (χ3n) is 2.17. The normalized spacial score (nSPS) is 11.6. The Morgan fingerprint density at radius 3 is 2.33 bits per heavy atom. The molecule has 96 valence electrons. The summed E-state index contributed by atoms with van der Waals surface area (Å²) in [5.41, 5.74) is 0.434. The molecule has 0 spiro atoms. The summed E-state index contributed by atoms with van der Waals surface area (Å²) in [6.45, 7) is 9.08. The zero-order chi connectivity index (χ0) is 13.8. The lowest BCUT2D eigenvalue weighted by molar-refractivity contribution is -0.147. The Labute approximate surface area is 113 Å². The van der Waals surface area contributed by atoms with Crippen molar-refractivity contribution in [3.63, 3.8) is 0 Å². The molecule has 2 nitrogen and oxygen atoms in total. The molecular formula is C15H17ClO2. The topological polar surface area (TPSA) is 26.3 Å². The first-order valence-corrected chi connectivity index (χ1v) is 6.01. The minimum Gasteiger partial charge on any atom is -0.427 e. The summed E-state index contributed by atoms with van der Waals surface area (Å²) in [4.78, 5) is 11.6. The predicted octanol–water partition coefficient (Wildman–Crippen LogP) is 4.46. The number of allylic oxidation sites excluding steroid dienone is 1. The highest BCUT2D eigenvalue weighted by atomic mass is 35.5. The predicted molar refractivity (Wildman–Crippen MR) is 75.2 cm³/mol. The Kier molecular flexibility index (Phi) is 4.74. The number of benzene rings is 1. The second-order valence-electron chi connectivity index (χ2n) is 4.99. The van der Waals surface area contributed by atoms with Crippen LogP contribution in [0.15, 0.2) is 42.7 Å². The van der Waals surface area contributed by atoms with Crippen molar-refractivity contribution < 1.29 is 9.53 Å². The SMILES string of the molecule is C=C(/C=C/c1ccc(Cl)cc1)OC(=O)C(C)(C)C. The molecule has 18 heavy (non-hydrogen) atoms. The minimum absolute atomic E-state index is 0.298. The average Bonchev–Trinajstić information content (AvgIpc) is 2.27. The van der Waals surface area contributed by atoms with E-state index in [-0.39, 0.29) is 5.97 Å². The highest BCUT2D eigenvalue weighted by Gasteiger charge is 2.23. The van der Waals surface area contributed by atoms with Gasteiger partial charge in [0.05, 0.1) is 5.41 Å². The number of rotatable bonds is 3. The van der Waals surface area contributed by atoms with Crippen molar-refractivity contribution in [3.05, 3.63) is 53.3 Å². The summed E-state index contributed by atoms with van der Waals surface area (Å²) in [7, 11) is 0. The molecule has 0 N–H and O–H groups in total. The van der Waals surface area contributed by atoms with E-state index in [1.165, 1.54) is 0 Å². The number of carbonyl (C=O) groups excluding carboxylic acids is 1. The average molecular weight is 265 g/mol. The number of halogens is 1. The van der Waals surface area contributed by atoms with Crippen molar-refractivity contribution in [2.45, 2.75) is 20.8 Å².